The van der Waals surface area contributed by atoms with Gasteiger partial charge >= 0.3 is 6.18 Å². The molecule has 0 aromatic carbocycles. The number of hydrogen-bond acceptors (Lipinski definition) is 3. The van der Waals surface area contributed by atoms with Crippen LogP contribution in [0.5, 0.6) is 0 Å². The van der Waals surface area contributed by atoms with Crippen molar-refractivity contribution in [2.24, 2.45) is 0 Å². The molecule has 0 radical (unpaired) electrons. The summed E-state index contributed by atoms with van der Waals surface area (Å²) in [5.41, 5.74) is -0.636. The maximum atomic E-state index is 11.8. The molecular weight excluding hydrogens is 259 g/mol. The van der Waals surface area contributed by atoms with Crippen LogP contribution in [0.15, 0.2) is 0 Å². The zero-order valence-electron chi connectivity index (χ0n) is 11.3. The molecule has 6 heteroatoms. The standard InChI is InChI=1S/C13H24F3NO2/c14-13(15,16)11-19-9-5-8-17-10-12(18)6-3-1-2-4-7-12/h17-18H,1-11H2. The summed E-state index contributed by atoms with van der Waals surface area (Å²) >= 11 is 0. The van der Waals surface area contributed by atoms with Gasteiger partial charge in [0.25, 0.3) is 0 Å². The first-order chi connectivity index (χ1) is 8.91. The summed E-state index contributed by atoms with van der Waals surface area (Å²) in [6, 6.07) is 0. The van der Waals surface area contributed by atoms with E-state index in [2.05, 4.69) is 10.1 Å². The van der Waals surface area contributed by atoms with Crippen LogP contribution in [0.25, 0.3) is 0 Å². The quantitative estimate of drug-likeness (QED) is 0.557. The molecule has 0 spiro atoms. The molecule has 19 heavy (non-hydrogen) atoms. The number of rotatable bonds is 7. The van der Waals surface area contributed by atoms with Gasteiger partial charge in [-0.25, -0.2) is 0 Å². The zero-order chi connectivity index (χ0) is 14.2. The van der Waals surface area contributed by atoms with E-state index in [4.69, 9.17) is 0 Å². The van der Waals surface area contributed by atoms with E-state index in [9.17, 15) is 18.3 Å². The SMILES string of the molecule is OC1(CNCCCOCC(F)(F)F)CCCCCC1. The van der Waals surface area contributed by atoms with Crippen LogP contribution in [0, 0.1) is 0 Å². The van der Waals surface area contributed by atoms with Crippen LogP contribution >= 0.6 is 0 Å². The van der Waals surface area contributed by atoms with E-state index < -0.39 is 18.4 Å². The van der Waals surface area contributed by atoms with Gasteiger partial charge in [0.05, 0.1) is 5.60 Å². The first kappa shape index (κ1) is 16.7. The maximum absolute atomic E-state index is 11.8. The fourth-order valence-corrected chi connectivity index (χ4v) is 2.37. The molecule has 1 fully saturated rings. The molecule has 0 atom stereocenters. The van der Waals surface area contributed by atoms with Gasteiger partial charge in [-0.15, -0.1) is 0 Å². The van der Waals surface area contributed by atoms with Crippen molar-refractivity contribution in [3.63, 3.8) is 0 Å². The van der Waals surface area contributed by atoms with Gasteiger partial charge in [0, 0.05) is 13.2 Å². The third-order valence-electron chi connectivity index (χ3n) is 3.40. The van der Waals surface area contributed by atoms with Crippen LogP contribution in [-0.4, -0.2) is 43.2 Å². The van der Waals surface area contributed by atoms with Crippen molar-refractivity contribution in [2.45, 2.75) is 56.7 Å². The molecule has 0 heterocycles. The van der Waals surface area contributed by atoms with Crippen molar-refractivity contribution in [2.75, 3.05) is 26.3 Å². The topological polar surface area (TPSA) is 41.5 Å². The van der Waals surface area contributed by atoms with E-state index in [1.165, 1.54) is 12.8 Å². The maximum Gasteiger partial charge on any atom is 0.411 e. The van der Waals surface area contributed by atoms with Gasteiger partial charge in [0.1, 0.15) is 6.61 Å². The molecule has 2 N–H and O–H groups in total. The smallest absolute Gasteiger partial charge is 0.389 e. The highest BCUT2D eigenvalue weighted by Gasteiger charge is 2.28. The molecule has 1 saturated carbocycles. The largest absolute Gasteiger partial charge is 0.411 e. The summed E-state index contributed by atoms with van der Waals surface area (Å²) in [7, 11) is 0. The molecule has 1 aliphatic rings. The van der Waals surface area contributed by atoms with Crippen molar-refractivity contribution in [1.82, 2.24) is 5.32 Å². The monoisotopic (exact) mass is 283 g/mol. The number of halogens is 3. The van der Waals surface area contributed by atoms with Crippen molar-refractivity contribution in [1.29, 1.82) is 0 Å². The van der Waals surface area contributed by atoms with Gasteiger partial charge < -0.3 is 15.2 Å². The minimum atomic E-state index is -4.25. The predicted molar refractivity (Wildman–Crippen MR) is 67.0 cm³/mol. The molecule has 3 nitrogen and oxygen atoms in total. The van der Waals surface area contributed by atoms with Crippen LogP contribution in [0.3, 0.4) is 0 Å². The molecule has 1 rings (SSSR count). The Hall–Kier alpha value is -0.330. The summed E-state index contributed by atoms with van der Waals surface area (Å²) in [6.45, 7) is -0.00564. The van der Waals surface area contributed by atoms with Gasteiger partial charge in [-0.2, -0.15) is 13.2 Å². The molecular formula is C13H24F3NO2. The van der Waals surface area contributed by atoms with Gasteiger partial charge in [0.15, 0.2) is 0 Å². The minimum Gasteiger partial charge on any atom is -0.389 e. The van der Waals surface area contributed by atoms with Crippen molar-refractivity contribution < 1.29 is 23.0 Å². The molecule has 0 amide bonds. The Morgan fingerprint density at radius 3 is 2.32 bits per heavy atom. The van der Waals surface area contributed by atoms with Gasteiger partial charge in [0.2, 0.25) is 0 Å². The lowest BCUT2D eigenvalue weighted by atomic mass is 9.94. The van der Waals surface area contributed by atoms with Crippen LogP contribution in [-0.2, 0) is 4.74 Å². The van der Waals surface area contributed by atoms with E-state index in [1.807, 2.05) is 0 Å². The normalized spacial score (nSPS) is 20.2. The molecule has 114 valence electrons. The second-order valence-corrected chi connectivity index (χ2v) is 5.34. The highest BCUT2D eigenvalue weighted by molar-refractivity contribution is 4.83. The Bertz CT molecular complexity index is 239. The van der Waals surface area contributed by atoms with Gasteiger partial charge in [-0.1, -0.05) is 25.7 Å². The average molecular weight is 283 g/mol. The highest BCUT2D eigenvalue weighted by Crippen LogP contribution is 2.26. The van der Waals surface area contributed by atoms with E-state index >= 15 is 0 Å². The Kier molecular flexibility index (Phi) is 7.10. The lowest BCUT2D eigenvalue weighted by Gasteiger charge is -2.27. The molecule has 1 aliphatic carbocycles. The second kappa shape index (κ2) is 8.07. The summed E-state index contributed by atoms with van der Waals surface area (Å²) in [6.07, 6.45) is 2.34. The first-order valence-corrected chi connectivity index (χ1v) is 6.99. The third kappa shape index (κ3) is 8.44. The Labute approximate surface area is 112 Å². The lowest BCUT2D eigenvalue weighted by Crippen LogP contribution is -2.40. The Morgan fingerprint density at radius 2 is 1.74 bits per heavy atom. The number of ether oxygens (including phenoxy) is 1. The van der Waals surface area contributed by atoms with Crippen molar-refractivity contribution in [3.05, 3.63) is 0 Å². The van der Waals surface area contributed by atoms with Gasteiger partial charge in [-0.3, -0.25) is 0 Å². The van der Waals surface area contributed by atoms with Crippen molar-refractivity contribution >= 4 is 0 Å². The Morgan fingerprint density at radius 1 is 1.11 bits per heavy atom. The fraction of sp³-hybridized carbons (Fsp3) is 1.00. The molecule has 0 aliphatic heterocycles. The van der Waals surface area contributed by atoms with Crippen LogP contribution in [0.1, 0.15) is 44.9 Å². The van der Waals surface area contributed by atoms with Crippen LogP contribution in [0.2, 0.25) is 0 Å². The van der Waals surface area contributed by atoms with Crippen molar-refractivity contribution in [3.8, 4) is 0 Å². The van der Waals surface area contributed by atoms with Crippen LogP contribution < -0.4 is 5.32 Å². The number of nitrogens with one attached hydrogen (secondary N) is 1. The summed E-state index contributed by atoms with van der Waals surface area (Å²) < 4.78 is 39.9. The number of hydrogen-bond donors (Lipinski definition) is 2. The fourth-order valence-electron chi connectivity index (χ4n) is 2.37. The molecule has 0 bridgehead atoms. The van der Waals surface area contributed by atoms with Crippen LogP contribution in [0.4, 0.5) is 13.2 Å². The first-order valence-electron chi connectivity index (χ1n) is 6.99. The van der Waals surface area contributed by atoms with Gasteiger partial charge in [-0.05, 0) is 25.8 Å². The second-order valence-electron chi connectivity index (χ2n) is 5.34. The summed E-state index contributed by atoms with van der Waals surface area (Å²) in [4.78, 5) is 0. The van der Waals surface area contributed by atoms with E-state index in [0.29, 0.717) is 19.5 Å². The molecule has 0 aromatic rings. The highest BCUT2D eigenvalue weighted by atomic mass is 19.4. The minimum absolute atomic E-state index is 0.0882. The predicted octanol–water partition coefficient (Wildman–Crippen LogP) is 2.63. The number of aliphatic hydroxyl groups is 1. The molecule has 0 saturated heterocycles. The van der Waals surface area contributed by atoms with E-state index in [1.54, 1.807) is 0 Å². The summed E-state index contributed by atoms with van der Waals surface area (Å²) in [5.74, 6) is 0. The summed E-state index contributed by atoms with van der Waals surface area (Å²) in [5, 5.41) is 13.4. The Balaban J connectivity index is 2.00. The molecule has 0 unspecified atom stereocenters. The van der Waals surface area contributed by atoms with E-state index in [0.717, 1.165) is 25.7 Å². The average Bonchev–Trinajstić information content (AvgIpc) is 2.52. The van der Waals surface area contributed by atoms with E-state index in [-0.39, 0.29) is 6.61 Å². The third-order valence-corrected chi connectivity index (χ3v) is 3.40. The zero-order valence-corrected chi connectivity index (χ0v) is 11.3. The lowest BCUT2D eigenvalue weighted by molar-refractivity contribution is -0.173. The number of alkyl halides is 3. The molecule has 0 aromatic heterocycles.